The van der Waals surface area contributed by atoms with Crippen molar-refractivity contribution < 1.29 is 27.9 Å². The van der Waals surface area contributed by atoms with Crippen LogP contribution < -0.4 is 14.9 Å². The number of hydrogen-bond donors (Lipinski definition) is 2. The number of rotatable bonds is 8. The Hall–Kier alpha value is -1.25. The SMILES string of the molecule is CCCS(=O)(=O)CCOc1ccc(OC)cc1B(O)O. The van der Waals surface area contributed by atoms with E-state index in [0.29, 0.717) is 12.2 Å². The molecule has 0 fully saturated rings. The summed E-state index contributed by atoms with van der Waals surface area (Å²) in [5.41, 5.74) is 0.136. The topological polar surface area (TPSA) is 93.1 Å². The van der Waals surface area contributed by atoms with E-state index in [2.05, 4.69) is 0 Å². The number of sulfone groups is 1. The number of methoxy groups -OCH3 is 1. The van der Waals surface area contributed by atoms with Crippen molar-refractivity contribution in [3.8, 4) is 11.5 Å². The largest absolute Gasteiger partial charge is 0.497 e. The lowest BCUT2D eigenvalue weighted by Crippen LogP contribution is -2.32. The van der Waals surface area contributed by atoms with E-state index in [-0.39, 0.29) is 29.3 Å². The first-order valence-electron chi connectivity index (χ1n) is 6.27. The first-order chi connectivity index (χ1) is 9.39. The van der Waals surface area contributed by atoms with Crippen molar-refractivity contribution in [3.63, 3.8) is 0 Å². The molecule has 6 nitrogen and oxygen atoms in total. The summed E-state index contributed by atoms with van der Waals surface area (Å²) in [6, 6.07) is 4.54. The van der Waals surface area contributed by atoms with Crippen molar-refractivity contribution in [2.45, 2.75) is 13.3 Å². The van der Waals surface area contributed by atoms with E-state index in [1.54, 1.807) is 13.0 Å². The van der Waals surface area contributed by atoms with Crippen LogP contribution in [0.25, 0.3) is 0 Å². The highest BCUT2D eigenvalue weighted by molar-refractivity contribution is 7.91. The fourth-order valence-electron chi connectivity index (χ4n) is 1.68. The summed E-state index contributed by atoms with van der Waals surface area (Å²) in [6.07, 6.45) is 0.561. The molecule has 20 heavy (non-hydrogen) atoms. The van der Waals surface area contributed by atoms with Crippen LogP contribution in [-0.4, -0.2) is 50.8 Å². The average Bonchev–Trinajstić information content (AvgIpc) is 2.38. The molecule has 0 atom stereocenters. The molecular formula is C12H19BO6S. The van der Waals surface area contributed by atoms with Gasteiger partial charge in [-0.3, -0.25) is 0 Å². The molecule has 0 aromatic heterocycles. The molecule has 0 bridgehead atoms. The van der Waals surface area contributed by atoms with Gasteiger partial charge in [0.2, 0.25) is 0 Å². The lowest BCUT2D eigenvalue weighted by Gasteiger charge is -2.12. The van der Waals surface area contributed by atoms with Crippen LogP contribution in [0.3, 0.4) is 0 Å². The van der Waals surface area contributed by atoms with E-state index in [4.69, 9.17) is 9.47 Å². The molecule has 0 heterocycles. The van der Waals surface area contributed by atoms with Gasteiger partial charge in [0.15, 0.2) is 9.84 Å². The molecule has 8 heteroatoms. The third kappa shape index (κ3) is 5.03. The summed E-state index contributed by atoms with van der Waals surface area (Å²) in [7, 11) is -3.38. The van der Waals surface area contributed by atoms with Crippen molar-refractivity contribution in [2.75, 3.05) is 25.2 Å². The predicted molar refractivity (Wildman–Crippen MR) is 77.3 cm³/mol. The molecular weight excluding hydrogens is 283 g/mol. The van der Waals surface area contributed by atoms with E-state index < -0.39 is 17.0 Å². The summed E-state index contributed by atoms with van der Waals surface area (Å²) in [5, 5.41) is 18.5. The monoisotopic (exact) mass is 302 g/mol. The fraction of sp³-hybridized carbons (Fsp3) is 0.500. The average molecular weight is 302 g/mol. The van der Waals surface area contributed by atoms with Gasteiger partial charge in [-0.25, -0.2) is 8.42 Å². The summed E-state index contributed by atoms with van der Waals surface area (Å²) >= 11 is 0. The second-order valence-electron chi connectivity index (χ2n) is 4.28. The van der Waals surface area contributed by atoms with Gasteiger partial charge < -0.3 is 19.5 Å². The molecule has 0 aliphatic rings. The molecule has 1 aromatic rings. The highest BCUT2D eigenvalue weighted by atomic mass is 32.2. The first kappa shape index (κ1) is 16.8. The Bertz CT molecular complexity index is 529. The van der Waals surface area contributed by atoms with Gasteiger partial charge in [0.1, 0.15) is 18.1 Å². The predicted octanol–water partition coefficient (Wildman–Crippen LogP) is -0.421. The zero-order valence-corrected chi connectivity index (χ0v) is 12.4. The normalized spacial score (nSPS) is 11.2. The Kier molecular flexibility index (Phi) is 6.32. The minimum absolute atomic E-state index is 0.0334. The Balaban J connectivity index is 2.73. The molecule has 0 aliphatic heterocycles. The van der Waals surface area contributed by atoms with Crippen LogP contribution in [0.2, 0.25) is 0 Å². The highest BCUT2D eigenvalue weighted by Crippen LogP contribution is 2.15. The Morgan fingerprint density at radius 3 is 2.50 bits per heavy atom. The second kappa shape index (κ2) is 7.51. The molecule has 1 aromatic carbocycles. The van der Waals surface area contributed by atoms with Crippen molar-refractivity contribution in [1.82, 2.24) is 0 Å². The Labute approximate surface area is 119 Å². The van der Waals surface area contributed by atoms with Crippen LogP contribution in [0, 0.1) is 0 Å². The van der Waals surface area contributed by atoms with Gasteiger partial charge in [-0.05, 0) is 24.6 Å². The summed E-state index contributed by atoms with van der Waals surface area (Å²) in [6.45, 7) is 1.76. The van der Waals surface area contributed by atoms with Crippen LogP contribution in [-0.2, 0) is 9.84 Å². The summed E-state index contributed by atoms with van der Waals surface area (Å²) in [4.78, 5) is 0. The number of benzene rings is 1. The number of ether oxygens (including phenoxy) is 2. The van der Waals surface area contributed by atoms with Crippen molar-refractivity contribution in [2.24, 2.45) is 0 Å². The van der Waals surface area contributed by atoms with Crippen molar-refractivity contribution in [3.05, 3.63) is 18.2 Å². The minimum Gasteiger partial charge on any atom is -0.497 e. The van der Waals surface area contributed by atoms with Gasteiger partial charge in [-0.15, -0.1) is 0 Å². The van der Waals surface area contributed by atoms with Gasteiger partial charge in [0.05, 0.1) is 18.6 Å². The van der Waals surface area contributed by atoms with E-state index in [1.807, 2.05) is 0 Å². The zero-order chi connectivity index (χ0) is 15.2. The molecule has 0 aliphatic carbocycles. The summed E-state index contributed by atoms with van der Waals surface area (Å²) < 4.78 is 33.4. The molecule has 0 radical (unpaired) electrons. The highest BCUT2D eigenvalue weighted by Gasteiger charge is 2.19. The Morgan fingerprint density at radius 2 is 1.95 bits per heavy atom. The second-order valence-corrected chi connectivity index (χ2v) is 6.58. The third-order valence-corrected chi connectivity index (χ3v) is 4.48. The van der Waals surface area contributed by atoms with Crippen LogP contribution in [0.15, 0.2) is 18.2 Å². The standard InChI is InChI=1S/C12H19BO6S/c1-3-7-20(16,17)8-6-19-12-5-4-10(18-2)9-11(12)13(14)15/h4-5,9,14-15H,3,6-8H2,1-2H3. The van der Waals surface area contributed by atoms with E-state index in [0.717, 1.165) is 0 Å². The lowest BCUT2D eigenvalue weighted by atomic mass is 9.79. The van der Waals surface area contributed by atoms with Gasteiger partial charge >= 0.3 is 7.12 Å². The maximum atomic E-state index is 11.5. The Morgan fingerprint density at radius 1 is 1.25 bits per heavy atom. The van der Waals surface area contributed by atoms with Gasteiger partial charge in [0.25, 0.3) is 0 Å². The molecule has 0 saturated heterocycles. The minimum atomic E-state index is -3.12. The van der Waals surface area contributed by atoms with Gasteiger partial charge in [-0.1, -0.05) is 6.92 Å². The quantitative estimate of drug-likeness (QED) is 0.634. The third-order valence-electron chi connectivity index (χ3n) is 2.66. The lowest BCUT2D eigenvalue weighted by molar-refractivity contribution is 0.339. The molecule has 1 rings (SSSR count). The maximum absolute atomic E-state index is 11.5. The molecule has 0 unspecified atom stereocenters. The molecule has 0 saturated carbocycles. The van der Waals surface area contributed by atoms with Crippen molar-refractivity contribution >= 4 is 22.4 Å². The molecule has 2 N–H and O–H groups in total. The van der Waals surface area contributed by atoms with E-state index >= 15 is 0 Å². The molecule has 0 amide bonds. The first-order valence-corrected chi connectivity index (χ1v) is 8.09. The zero-order valence-electron chi connectivity index (χ0n) is 11.6. The van der Waals surface area contributed by atoms with Crippen LogP contribution >= 0.6 is 0 Å². The summed E-state index contributed by atoms with van der Waals surface area (Å²) in [5.74, 6) is 0.703. The fourth-order valence-corrected chi connectivity index (χ4v) is 2.84. The van der Waals surface area contributed by atoms with Crippen molar-refractivity contribution in [1.29, 1.82) is 0 Å². The number of hydrogen-bond acceptors (Lipinski definition) is 6. The van der Waals surface area contributed by atoms with Gasteiger partial charge in [-0.2, -0.15) is 0 Å². The molecule has 0 spiro atoms. The van der Waals surface area contributed by atoms with Crippen LogP contribution in [0.5, 0.6) is 11.5 Å². The smallest absolute Gasteiger partial charge is 0.492 e. The van der Waals surface area contributed by atoms with Crippen LogP contribution in [0.4, 0.5) is 0 Å². The van der Waals surface area contributed by atoms with E-state index in [1.165, 1.54) is 19.2 Å². The van der Waals surface area contributed by atoms with Gasteiger partial charge in [0, 0.05) is 5.46 Å². The van der Waals surface area contributed by atoms with E-state index in [9.17, 15) is 18.5 Å². The molecule has 112 valence electrons. The maximum Gasteiger partial charge on any atom is 0.492 e. The van der Waals surface area contributed by atoms with Crippen LogP contribution in [0.1, 0.15) is 13.3 Å².